The Kier molecular flexibility index (Phi) is 3.06. The summed E-state index contributed by atoms with van der Waals surface area (Å²) >= 11 is 5.63. The van der Waals surface area contributed by atoms with Crippen molar-refractivity contribution in [1.82, 2.24) is 0 Å². The molecule has 1 nitrogen and oxygen atoms in total. The van der Waals surface area contributed by atoms with Crippen molar-refractivity contribution in [3.63, 3.8) is 0 Å². The molecule has 0 aromatic heterocycles. The van der Waals surface area contributed by atoms with Crippen molar-refractivity contribution in [3.05, 3.63) is 34.6 Å². The maximum absolute atomic E-state index is 12.8. The Labute approximate surface area is 75.8 Å². The molecule has 66 valence electrons. The number of benzene rings is 1. The van der Waals surface area contributed by atoms with Crippen LogP contribution in [0.25, 0.3) is 0 Å². The Morgan fingerprint density at radius 2 is 2.25 bits per heavy atom. The lowest BCUT2D eigenvalue weighted by atomic mass is 10.1. The van der Waals surface area contributed by atoms with Crippen LogP contribution in [0.1, 0.15) is 25.0 Å². The number of aliphatic hydroxyl groups excluding tert-OH is 1. The van der Waals surface area contributed by atoms with E-state index in [-0.39, 0.29) is 5.02 Å². The molecule has 0 fully saturated rings. The molecule has 1 aromatic carbocycles. The van der Waals surface area contributed by atoms with Crippen LogP contribution in [0, 0.1) is 5.82 Å². The molecule has 0 aliphatic rings. The van der Waals surface area contributed by atoms with Crippen LogP contribution in [0.5, 0.6) is 0 Å². The smallest absolute Gasteiger partial charge is 0.142 e. The SMILES string of the molecule is CCC(O)c1cccc(F)c1Cl. The molecule has 0 saturated carbocycles. The van der Waals surface area contributed by atoms with Gasteiger partial charge >= 0.3 is 0 Å². The fourth-order valence-electron chi connectivity index (χ4n) is 0.998. The lowest BCUT2D eigenvalue weighted by molar-refractivity contribution is 0.173. The minimum absolute atomic E-state index is 0.0202. The minimum atomic E-state index is -0.673. The van der Waals surface area contributed by atoms with Gasteiger partial charge in [-0.15, -0.1) is 0 Å². The highest BCUT2D eigenvalue weighted by Crippen LogP contribution is 2.26. The second-order valence-corrected chi connectivity index (χ2v) is 2.95. The predicted octanol–water partition coefficient (Wildman–Crippen LogP) is 2.92. The maximum atomic E-state index is 12.8. The van der Waals surface area contributed by atoms with Gasteiger partial charge in [0.15, 0.2) is 0 Å². The largest absolute Gasteiger partial charge is 0.388 e. The fourth-order valence-corrected chi connectivity index (χ4v) is 1.25. The van der Waals surface area contributed by atoms with Crippen molar-refractivity contribution in [2.45, 2.75) is 19.4 Å². The standard InChI is InChI=1S/C9H10ClFO/c1-2-8(12)6-4-3-5-7(11)9(6)10/h3-5,8,12H,2H2,1H3. The average molecular weight is 189 g/mol. The highest BCUT2D eigenvalue weighted by molar-refractivity contribution is 6.31. The third kappa shape index (κ3) is 1.76. The molecule has 0 saturated heterocycles. The predicted molar refractivity (Wildman–Crippen MR) is 46.7 cm³/mol. The summed E-state index contributed by atoms with van der Waals surface area (Å²) in [5.74, 6) is -0.485. The summed E-state index contributed by atoms with van der Waals surface area (Å²) in [5, 5.41) is 9.40. The van der Waals surface area contributed by atoms with Gasteiger partial charge in [-0.2, -0.15) is 0 Å². The third-order valence-electron chi connectivity index (χ3n) is 1.73. The molecular formula is C9H10ClFO. The summed E-state index contributed by atoms with van der Waals surface area (Å²) < 4.78 is 12.8. The van der Waals surface area contributed by atoms with E-state index in [0.717, 1.165) is 0 Å². The molecule has 0 aliphatic heterocycles. The summed E-state index contributed by atoms with van der Waals surface area (Å²) in [6.07, 6.45) is -0.142. The first-order chi connectivity index (χ1) is 5.66. The van der Waals surface area contributed by atoms with Gasteiger partial charge in [0.2, 0.25) is 0 Å². The molecule has 1 aromatic rings. The molecule has 1 N–H and O–H groups in total. The molecule has 1 rings (SSSR count). The molecule has 0 aliphatic carbocycles. The van der Waals surface area contributed by atoms with E-state index in [4.69, 9.17) is 11.6 Å². The molecule has 0 spiro atoms. The lowest BCUT2D eigenvalue weighted by Gasteiger charge is -2.09. The van der Waals surface area contributed by atoms with Crippen LogP contribution in [0.4, 0.5) is 4.39 Å². The Morgan fingerprint density at radius 3 is 2.83 bits per heavy atom. The van der Waals surface area contributed by atoms with Crippen molar-refractivity contribution in [2.24, 2.45) is 0 Å². The molecule has 1 atom stereocenters. The van der Waals surface area contributed by atoms with E-state index in [1.165, 1.54) is 12.1 Å². The van der Waals surface area contributed by atoms with Crippen LogP contribution < -0.4 is 0 Å². The van der Waals surface area contributed by atoms with Gasteiger partial charge in [0.1, 0.15) is 5.82 Å². The number of hydrogen-bond donors (Lipinski definition) is 1. The van der Waals surface area contributed by atoms with Crippen LogP contribution in [0.2, 0.25) is 5.02 Å². The van der Waals surface area contributed by atoms with E-state index in [1.54, 1.807) is 6.07 Å². The van der Waals surface area contributed by atoms with Crippen LogP contribution in [-0.4, -0.2) is 5.11 Å². The fraction of sp³-hybridized carbons (Fsp3) is 0.333. The Hall–Kier alpha value is -0.600. The van der Waals surface area contributed by atoms with Gasteiger partial charge in [-0.25, -0.2) is 4.39 Å². The van der Waals surface area contributed by atoms with Crippen LogP contribution in [0.3, 0.4) is 0 Å². The summed E-state index contributed by atoms with van der Waals surface area (Å²) in [4.78, 5) is 0. The van der Waals surface area contributed by atoms with Crippen molar-refractivity contribution in [3.8, 4) is 0 Å². The van der Waals surface area contributed by atoms with E-state index in [2.05, 4.69) is 0 Å². The Balaban J connectivity index is 3.07. The molecule has 0 amide bonds. The van der Waals surface area contributed by atoms with Crippen LogP contribution in [-0.2, 0) is 0 Å². The van der Waals surface area contributed by atoms with Crippen molar-refractivity contribution < 1.29 is 9.50 Å². The monoisotopic (exact) mass is 188 g/mol. The normalized spacial score (nSPS) is 13.0. The minimum Gasteiger partial charge on any atom is -0.388 e. The first-order valence-electron chi connectivity index (χ1n) is 3.78. The zero-order valence-corrected chi connectivity index (χ0v) is 7.48. The van der Waals surface area contributed by atoms with Gasteiger partial charge in [0, 0.05) is 5.56 Å². The molecule has 0 heterocycles. The van der Waals surface area contributed by atoms with Gasteiger partial charge in [-0.1, -0.05) is 30.7 Å². The van der Waals surface area contributed by atoms with Crippen LogP contribution in [0.15, 0.2) is 18.2 Å². The Morgan fingerprint density at radius 1 is 1.58 bits per heavy atom. The van der Waals surface area contributed by atoms with Gasteiger partial charge in [0.25, 0.3) is 0 Å². The summed E-state index contributed by atoms with van der Waals surface area (Å²) in [6.45, 7) is 1.81. The second-order valence-electron chi connectivity index (χ2n) is 2.57. The molecule has 3 heteroatoms. The van der Waals surface area contributed by atoms with Crippen molar-refractivity contribution in [2.75, 3.05) is 0 Å². The summed E-state index contributed by atoms with van der Waals surface area (Å²) in [6, 6.07) is 4.43. The highest BCUT2D eigenvalue weighted by Gasteiger charge is 2.11. The second kappa shape index (κ2) is 3.87. The van der Waals surface area contributed by atoms with E-state index in [0.29, 0.717) is 12.0 Å². The van der Waals surface area contributed by atoms with E-state index >= 15 is 0 Å². The highest BCUT2D eigenvalue weighted by atomic mass is 35.5. The van der Waals surface area contributed by atoms with Crippen molar-refractivity contribution in [1.29, 1.82) is 0 Å². The first-order valence-corrected chi connectivity index (χ1v) is 4.16. The maximum Gasteiger partial charge on any atom is 0.142 e. The zero-order chi connectivity index (χ0) is 9.14. The van der Waals surface area contributed by atoms with Gasteiger partial charge in [-0.05, 0) is 12.5 Å². The number of halogens is 2. The lowest BCUT2D eigenvalue weighted by Crippen LogP contribution is -1.97. The van der Waals surface area contributed by atoms with Gasteiger partial charge in [-0.3, -0.25) is 0 Å². The molecule has 12 heavy (non-hydrogen) atoms. The topological polar surface area (TPSA) is 20.2 Å². The van der Waals surface area contributed by atoms with Crippen LogP contribution >= 0.6 is 11.6 Å². The quantitative estimate of drug-likeness (QED) is 0.757. The first kappa shape index (κ1) is 9.49. The number of hydrogen-bond acceptors (Lipinski definition) is 1. The molecule has 1 unspecified atom stereocenters. The Bertz CT molecular complexity index is 275. The average Bonchev–Trinajstić information content (AvgIpc) is 2.08. The van der Waals surface area contributed by atoms with Crippen molar-refractivity contribution >= 4 is 11.6 Å². The summed E-state index contributed by atoms with van der Waals surface area (Å²) in [7, 11) is 0. The molecule has 0 bridgehead atoms. The number of aliphatic hydroxyl groups is 1. The van der Waals surface area contributed by atoms with E-state index < -0.39 is 11.9 Å². The van der Waals surface area contributed by atoms with E-state index in [9.17, 15) is 9.50 Å². The molecule has 0 radical (unpaired) electrons. The summed E-state index contributed by atoms with van der Waals surface area (Å²) in [5.41, 5.74) is 0.458. The third-order valence-corrected chi connectivity index (χ3v) is 2.13. The number of rotatable bonds is 2. The molecular weight excluding hydrogens is 179 g/mol. The van der Waals surface area contributed by atoms with Gasteiger partial charge < -0.3 is 5.11 Å². The van der Waals surface area contributed by atoms with Gasteiger partial charge in [0.05, 0.1) is 11.1 Å². The zero-order valence-electron chi connectivity index (χ0n) is 6.72. The van der Waals surface area contributed by atoms with E-state index in [1.807, 2.05) is 6.92 Å².